The standard InChI is InChI=1S/C11H11F3O5S/c1-7-3-8(6-18-2)9(5-15)10(4-7)19-20(16,17)11(12,13)14/h3-5H,6H2,1-2H3. The molecule has 0 fully saturated rings. The first-order chi connectivity index (χ1) is 9.12. The SMILES string of the molecule is COCc1cc(C)cc(OS(=O)(=O)C(F)(F)F)c1C=O. The molecule has 0 aliphatic heterocycles. The monoisotopic (exact) mass is 312 g/mol. The number of aryl methyl sites for hydroxylation is 1. The molecule has 9 heteroatoms. The van der Waals surface area contributed by atoms with Gasteiger partial charge >= 0.3 is 15.6 Å². The predicted molar refractivity (Wildman–Crippen MR) is 62.9 cm³/mol. The van der Waals surface area contributed by atoms with Crippen molar-refractivity contribution in [1.82, 2.24) is 0 Å². The van der Waals surface area contributed by atoms with E-state index in [4.69, 9.17) is 4.74 Å². The van der Waals surface area contributed by atoms with Crippen molar-refractivity contribution < 1.29 is 35.3 Å². The lowest BCUT2D eigenvalue weighted by molar-refractivity contribution is -0.0500. The molecule has 0 aliphatic rings. The van der Waals surface area contributed by atoms with E-state index >= 15 is 0 Å². The Bertz CT molecular complexity index is 607. The van der Waals surface area contributed by atoms with Crippen molar-refractivity contribution in [3.05, 3.63) is 28.8 Å². The predicted octanol–water partition coefficient (Wildman–Crippen LogP) is 2.18. The van der Waals surface area contributed by atoms with E-state index in [1.807, 2.05) is 0 Å². The first-order valence-corrected chi connectivity index (χ1v) is 6.61. The zero-order chi connectivity index (χ0) is 15.6. The number of halogens is 3. The maximum atomic E-state index is 12.3. The minimum absolute atomic E-state index is 0.0713. The fourth-order valence-corrected chi connectivity index (χ4v) is 1.95. The lowest BCUT2D eigenvalue weighted by Crippen LogP contribution is -2.28. The van der Waals surface area contributed by atoms with Gasteiger partial charge in [-0.05, 0) is 24.1 Å². The van der Waals surface area contributed by atoms with Gasteiger partial charge in [-0.1, -0.05) is 6.07 Å². The minimum atomic E-state index is -5.83. The van der Waals surface area contributed by atoms with Crippen LogP contribution in [0.4, 0.5) is 13.2 Å². The first kappa shape index (κ1) is 16.4. The molecule has 1 aromatic carbocycles. The number of hydrogen-bond acceptors (Lipinski definition) is 5. The maximum Gasteiger partial charge on any atom is 0.534 e. The van der Waals surface area contributed by atoms with Gasteiger partial charge in [0.1, 0.15) is 0 Å². The quantitative estimate of drug-likeness (QED) is 0.473. The number of alkyl halides is 3. The van der Waals surface area contributed by atoms with Gasteiger partial charge < -0.3 is 8.92 Å². The van der Waals surface area contributed by atoms with Crippen molar-refractivity contribution in [3.8, 4) is 5.75 Å². The summed E-state index contributed by atoms with van der Waals surface area (Å²) in [5, 5.41) is 0. The lowest BCUT2D eigenvalue weighted by Gasteiger charge is -2.14. The molecule has 112 valence electrons. The Morgan fingerprint density at radius 3 is 2.35 bits per heavy atom. The Morgan fingerprint density at radius 1 is 1.30 bits per heavy atom. The number of carbonyl (C=O) groups is 1. The van der Waals surface area contributed by atoms with Crippen LogP contribution >= 0.6 is 0 Å². The molecule has 1 rings (SSSR count). The van der Waals surface area contributed by atoms with Gasteiger partial charge in [-0.25, -0.2) is 0 Å². The normalized spacial score (nSPS) is 12.2. The maximum absolute atomic E-state index is 12.3. The van der Waals surface area contributed by atoms with Crippen LogP contribution in [-0.4, -0.2) is 27.3 Å². The summed E-state index contributed by atoms with van der Waals surface area (Å²) in [6.45, 7) is 1.44. The van der Waals surface area contributed by atoms with E-state index in [1.165, 1.54) is 20.1 Å². The van der Waals surface area contributed by atoms with E-state index in [9.17, 15) is 26.4 Å². The average molecular weight is 312 g/mol. The summed E-state index contributed by atoms with van der Waals surface area (Å²) in [5.74, 6) is -0.677. The molecule has 0 heterocycles. The molecule has 0 bridgehead atoms. The molecular formula is C11H11F3O5S. The molecule has 0 radical (unpaired) electrons. The summed E-state index contributed by atoms with van der Waals surface area (Å²) in [6.07, 6.45) is 0.217. The fraction of sp³-hybridized carbons (Fsp3) is 0.364. The molecule has 1 aromatic rings. The van der Waals surface area contributed by atoms with E-state index < -0.39 is 21.4 Å². The van der Waals surface area contributed by atoms with Crippen LogP contribution in [0, 0.1) is 6.92 Å². The average Bonchev–Trinajstić information content (AvgIpc) is 2.27. The lowest BCUT2D eigenvalue weighted by atomic mass is 10.0. The highest BCUT2D eigenvalue weighted by atomic mass is 32.2. The second-order valence-electron chi connectivity index (χ2n) is 3.87. The van der Waals surface area contributed by atoms with Gasteiger partial charge in [-0.2, -0.15) is 21.6 Å². The minimum Gasteiger partial charge on any atom is -0.380 e. The molecule has 5 nitrogen and oxygen atoms in total. The van der Waals surface area contributed by atoms with E-state index in [1.54, 1.807) is 0 Å². The molecule has 20 heavy (non-hydrogen) atoms. The molecular weight excluding hydrogens is 301 g/mol. The van der Waals surface area contributed by atoms with E-state index in [2.05, 4.69) is 4.18 Å². The zero-order valence-corrected chi connectivity index (χ0v) is 11.3. The summed E-state index contributed by atoms with van der Waals surface area (Å²) < 4.78 is 67.6. The van der Waals surface area contributed by atoms with Gasteiger partial charge in [0.2, 0.25) is 0 Å². The first-order valence-electron chi connectivity index (χ1n) is 5.20. The molecule has 0 amide bonds. The highest BCUT2D eigenvalue weighted by molar-refractivity contribution is 7.88. The third-order valence-electron chi connectivity index (χ3n) is 2.27. The summed E-state index contributed by atoms with van der Waals surface area (Å²) in [6, 6.07) is 2.52. The van der Waals surface area contributed by atoms with Gasteiger partial charge in [0.05, 0.1) is 12.2 Å². The van der Waals surface area contributed by atoms with Crippen molar-refractivity contribution in [2.45, 2.75) is 19.0 Å². The van der Waals surface area contributed by atoms with Gasteiger partial charge in [0.15, 0.2) is 12.0 Å². The van der Waals surface area contributed by atoms with Crippen LogP contribution in [0.15, 0.2) is 12.1 Å². The molecule has 0 N–H and O–H groups in total. The van der Waals surface area contributed by atoms with Crippen molar-refractivity contribution in [3.63, 3.8) is 0 Å². The van der Waals surface area contributed by atoms with Gasteiger partial charge in [-0.3, -0.25) is 4.79 Å². The molecule has 0 spiro atoms. The third kappa shape index (κ3) is 3.48. The van der Waals surface area contributed by atoms with Gasteiger partial charge in [0.25, 0.3) is 0 Å². The summed E-state index contributed by atoms with van der Waals surface area (Å²) >= 11 is 0. The van der Waals surface area contributed by atoms with Crippen LogP contribution in [0.3, 0.4) is 0 Å². The smallest absolute Gasteiger partial charge is 0.380 e. The largest absolute Gasteiger partial charge is 0.534 e. The molecule has 0 unspecified atom stereocenters. The Balaban J connectivity index is 3.35. The Hall–Kier alpha value is -1.61. The Kier molecular flexibility index (Phi) is 4.77. The Labute approximate surface area is 113 Å². The molecule has 0 saturated heterocycles. The second-order valence-corrected chi connectivity index (χ2v) is 5.41. The van der Waals surface area contributed by atoms with Crippen molar-refractivity contribution in [2.75, 3.05) is 7.11 Å². The van der Waals surface area contributed by atoms with Crippen LogP contribution in [0.25, 0.3) is 0 Å². The molecule has 0 atom stereocenters. The van der Waals surface area contributed by atoms with Gasteiger partial charge in [-0.15, -0.1) is 0 Å². The number of benzene rings is 1. The number of methoxy groups -OCH3 is 1. The fourth-order valence-electron chi connectivity index (χ4n) is 1.48. The second kappa shape index (κ2) is 5.80. The third-order valence-corrected chi connectivity index (χ3v) is 3.24. The van der Waals surface area contributed by atoms with Crippen molar-refractivity contribution in [2.24, 2.45) is 0 Å². The summed E-state index contributed by atoms with van der Waals surface area (Å²) in [7, 11) is -4.51. The summed E-state index contributed by atoms with van der Waals surface area (Å²) in [5.41, 5.74) is -5.21. The van der Waals surface area contributed by atoms with Crippen LogP contribution in [0.1, 0.15) is 21.5 Å². The number of hydrogen-bond donors (Lipinski definition) is 0. The molecule has 0 aliphatic carbocycles. The van der Waals surface area contributed by atoms with Gasteiger partial charge in [0, 0.05) is 7.11 Å². The highest BCUT2D eigenvalue weighted by Gasteiger charge is 2.48. The Morgan fingerprint density at radius 2 is 1.90 bits per heavy atom. The number of carbonyl (C=O) groups excluding carboxylic acids is 1. The molecule has 0 aromatic heterocycles. The number of rotatable bonds is 5. The zero-order valence-electron chi connectivity index (χ0n) is 10.5. The number of aldehydes is 1. The van der Waals surface area contributed by atoms with Crippen molar-refractivity contribution in [1.29, 1.82) is 0 Å². The number of ether oxygens (including phenoxy) is 1. The van der Waals surface area contributed by atoms with Crippen LogP contribution in [0.5, 0.6) is 5.75 Å². The van der Waals surface area contributed by atoms with Crippen LogP contribution < -0.4 is 4.18 Å². The van der Waals surface area contributed by atoms with Crippen LogP contribution in [0.2, 0.25) is 0 Å². The van der Waals surface area contributed by atoms with E-state index in [0.29, 0.717) is 5.56 Å². The van der Waals surface area contributed by atoms with E-state index in [0.717, 1.165) is 6.07 Å². The van der Waals surface area contributed by atoms with E-state index in [-0.39, 0.29) is 24.0 Å². The topological polar surface area (TPSA) is 69.7 Å². The van der Waals surface area contributed by atoms with Crippen molar-refractivity contribution >= 4 is 16.4 Å². The molecule has 0 saturated carbocycles. The summed E-state index contributed by atoms with van der Waals surface area (Å²) in [4.78, 5) is 11.0. The highest BCUT2D eigenvalue weighted by Crippen LogP contribution is 2.30. The van der Waals surface area contributed by atoms with Crippen LogP contribution in [-0.2, 0) is 21.5 Å².